The van der Waals surface area contributed by atoms with Crippen molar-refractivity contribution in [2.24, 2.45) is 0 Å². The number of halogens is 3. The van der Waals surface area contributed by atoms with E-state index in [0.717, 1.165) is 0 Å². The third-order valence-corrected chi connectivity index (χ3v) is 5.02. The molecule has 14 heteroatoms. The van der Waals surface area contributed by atoms with Gasteiger partial charge in [0.25, 0.3) is 0 Å². The molecule has 4 aromatic rings. The van der Waals surface area contributed by atoms with E-state index < -0.39 is 18.0 Å². The Balaban J connectivity index is 1.79. The molecule has 0 saturated carbocycles. The van der Waals surface area contributed by atoms with Gasteiger partial charge in [0.15, 0.2) is 0 Å². The number of alkyl halides is 3. The first-order valence-electron chi connectivity index (χ1n) is 10.6. The minimum Gasteiger partial charge on any atom is -0.497 e. The number of fused-ring (bicyclic) bond motifs is 2. The highest BCUT2D eigenvalue weighted by molar-refractivity contribution is 5.90. The van der Waals surface area contributed by atoms with E-state index in [1.165, 1.54) is 32.4 Å². The van der Waals surface area contributed by atoms with Crippen LogP contribution in [0.1, 0.15) is 5.69 Å². The zero-order valence-electron chi connectivity index (χ0n) is 19.7. The number of carbonyl (C=O) groups excluding carboxylic acids is 1. The van der Waals surface area contributed by atoms with Crippen LogP contribution in [0.4, 0.5) is 25.1 Å². The second-order valence-electron chi connectivity index (χ2n) is 7.47. The van der Waals surface area contributed by atoms with E-state index in [-0.39, 0.29) is 41.8 Å². The van der Waals surface area contributed by atoms with E-state index in [1.807, 2.05) is 0 Å². The average Bonchev–Trinajstić information content (AvgIpc) is 2.86. The zero-order valence-corrected chi connectivity index (χ0v) is 19.7. The van der Waals surface area contributed by atoms with Gasteiger partial charge in [0, 0.05) is 11.5 Å². The quantitative estimate of drug-likeness (QED) is 0.331. The molecule has 0 radical (unpaired) electrons. The molecule has 0 atom stereocenters. The minimum atomic E-state index is -5.26. The van der Waals surface area contributed by atoms with Gasteiger partial charge in [-0.25, -0.2) is 19.7 Å². The van der Waals surface area contributed by atoms with Gasteiger partial charge in [-0.05, 0) is 31.2 Å². The third kappa shape index (κ3) is 5.53. The van der Waals surface area contributed by atoms with E-state index in [4.69, 9.17) is 19.3 Å². The fourth-order valence-corrected chi connectivity index (χ4v) is 3.37. The highest BCUT2D eigenvalue weighted by Crippen LogP contribution is 2.33. The molecule has 2 aromatic carbocycles. The summed E-state index contributed by atoms with van der Waals surface area (Å²) in [4.78, 5) is 28.6. The number of esters is 1. The van der Waals surface area contributed by atoms with Crippen LogP contribution in [0.2, 0.25) is 0 Å². The van der Waals surface area contributed by atoms with Crippen molar-refractivity contribution >= 4 is 39.7 Å². The van der Waals surface area contributed by atoms with E-state index in [1.54, 1.807) is 19.1 Å². The summed E-state index contributed by atoms with van der Waals surface area (Å²) in [6.07, 6.45) is -5.26. The van der Waals surface area contributed by atoms with Gasteiger partial charge < -0.3 is 24.1 Å². The van der Waals surface area contributed by atoms with Gasteiger partial charge in [-0.15, -0.1) is 0 Å². The highest BCUT2D eigenvalue weighted by atomic mass is 19.4. The first-order valence-corrected chi connectivity index (χ1v) is 10.6. The van der Waals surface area contributed by atoms with Gasteiger partial charge in [0.2, 0.25) is 17.8 Å². The maximum absolute atomic E-state index is 12.9. The van der Waals surface area contributed by atoms with Crippen LogP contribution in [0.15, 0.2) is 30.3 Å². The molecule has 0 aliphatic carbocycles. The first kappa shape index (κ1) is 25.6. The number of anilines is 2. The molecule has 11 nitrogen and oxygen atoms in total. The number of rotatable bonds is 8. The number of aliphatic hydroxyl groups is 1. The van der Waals surface area contributed by atoms with Gasteiger partial charge in [0.1, 0.15) is 29.4 Å². The second kappa shape index (κ2) is 10.3. The number of nitrogens with one attached hydrogen (secondary N) is 1. The number of hydrogen-bond acceptors (Lipinski definition) is 11. The molecule has 0 spiro atoms. The number of aliphatic hydroxyl groups excluding tert-OH is 1. The largest absolute Gasteiger partial charge is 0.497 e. The summed E-state index contributed by atoms with van der Waals surface area (Å²) in [7, 11) is 2.97. The summed E-state index contributed by atoms with van der Waals surface area (Å²) in [6, 6.07) is 7.58. The van der Waals surface area contributed by atoms with Gasteiger partial charge in [-0.1, -0.05) is 0 Å². The number of aromatic nitrogens is 4. The molecule has 0 aliphatic heterocycles. The molecule has 2 aromatic heterocycles. The van der Waals surface area contributed by atoms with Gasteiger partial charge >= 0.3 is 12.1 Å². The smallest absolute Gasteiger partial charge is 0.491 e. The van der Waals surface area contributed by atoms with Crippen molar-refractivity contribution in [3.8, 4) is 23.1 Å². The van der Waals surface area contributed by atoms with Crippen molar-refractivity contribution in [1.29, 1.82) is 0 Å². The lowest BCUT2D eigenvalue weighted by Gasteiger charge is -2.13. The molecule has 2 heterocycles. The first-order chi connectivity index (χ1) is 17.6. The molecule has 0 fully saturated rings. The molecule has 0 amide bonds. The van der Waals surface area contributed by atoms with Gasteiger partial charge in [-0.2, -0.15) is 18.2 Å². The third-order valence-electron chi connectivity index (χ3n) is 5.02. The fraction of sp³-hybridized carbons (Fsp3) is 0.261. The van der Waals surface area contributed by atoms with Crippen molar-refractivity contribution in [2.75, 3.05) is 32.8 Å². The molecule has 2 N–H and O–H groups in total. The Bertz CT molecular complexity index is 1480. The predicted molar refractivity (Wildman–Crippen MR) is 124 cm³/mol. The Labute approximate surface area is 207 Å². The highest BCUT2D eigenvalue weighted by Gasteiger charge is 2.42. The minimum absolute atomic E-state index is 0.0174. The van der Waals surface area contributed by atoms with Crippen LogP contribution in [0.3, 0.4) is 0 Å². The van der Waals surface area contributed by atoms with Crippen LogP contribution in [0.25, 0.3) is 21.8 Å². The number of carbonyl (C=O) groups is 1. The maximum Gasteiger partial charge on any atom is 0.491 e. The number of methoxy groups -OCH3 is 2. The predicted octanol–water partition coefficient (Wildman–Crippen LogP) is 3.48. The maximum atomic E-state index is 12.9. The summed E-state index contributed by atoms with van der Waals surface area (Å²) in [5.41, 5.74) is 1.12. The molecule has 0 bridgehead atoms. The standard InChI is InChI=1S/C23H20F3N5O6/c1-11-14-9-13(34-2)10-17(35-3)18(14)29-21(27-11)31-22-28-16-5-4-12(36-7-6-32)8-15(16)19(30-22)37-20(33)23(24,25)26/h4-5,8-10,32H,6-7H2,1-3H3,(H,27,28,29,30,31). The van der Waals surface area contributed by atoms with Crippen molar-refractivity contribution in [1.82, 2.24) is 19.9 Å². The molecule has 0 saturated heterocycles. The number of nitrogens with zero attached hydrogens (tertiary/aromatic N) is 4. The van der Waals surface area contributed by atoms with Crippen molar-refractivity contribution in [2.45, 2.75) is 13.1 Å². The topological polar surface area (TPSA) is 138 Å². The Morgan fingerprint density at radius 1 is 0.973 bits per heavy atom. The van der Waals surface area contributed by atoms with Crippen molar-refractivity contribution in [3.63, 3.8) is 0 Å². The van der Waals surface area contributed by atoms with Crippen LogP contribution >= 0.6 is 0 Å². The summed E-state index contributed by atoms with van der Waals surface area (Å²) >= 11 is 0. The van der Waals surface area contributed by atoms with Crippen LogP contribution < -0.4 is 24.3 Å². The second-order valence-corrected chi connectivity index (χ2v) is 7.47. The fourth-order valence-electron chi connectivity index (χ4n) is 3.37. The summed E-state index contributed by atoms with van der Waals surface area (Å²) in [6.45, 7) is 1.38. The van der Waals surface area contributed by atoms with E-state index in [0.29, 0.717) is 28.1 Å². The summed E-state index contributed by atoms with van der Waals surface area (Å²) in [5.74, 6) is -2.20. The van der Waals surface area contributed by atoms with Crippen LogP contribution in [-0.2, 0) is 4.79 Å². The summed E-state index contributed by atoms with van der Waals surface area (Å²) in [5, 5.41) is 12.3. The van der Waals surface area contributed by atoms with Crippen molar-refractivity contribution in [3.05, 3.63) is 36.0 Å². The van der Waals surface area contributed by atoms with Crippen LogP contribution in [-0.4, -0.2) is 64.6 Å². The lowest BCUT2D eigenvalue weighted by Crippen LogP contribution is -2.28. The SMILES string of the molecule is COc1cc(OC)c2nc(Nc3nc(OC(=O)C(F)(F)F)c4cc(OCCO)ccc4n3)nc(C)c2c1. The molecule has 4 rings (SSSR count). The van der Waals surface area contributed by atoms with E-state index >= 15 is 0 Å². The molecule has 194 valence electrons. The number of ether oxygens (including phenoxy) is 4. The summed E-state index contributed by atoms with van der Waals surface area (Å²) < 4.78 is 59.3. The Kier molecular flexibility index (Phi) is 7.11. The molecular weight excluding hydrogens is 499 g/mol. The van der Waals surface area contributed by atoms with E-state index in [2.05, 4.69) is 30.0 Å². The van der Waals surface area contributed by atoms with E-state index in [9.17, 15) is 18.0 Å². The number of hydrogen-bond donors (Lipinski definition) is 2. The number of aryl methyl sites for hydroxylation is 1. The normalized spacial score (nSPS) is 11.4. The Morgan fingerprint density at radius 2 is 1.70 bits per heavy atom. The molecule has 0 unspecified atom stereocenters. The van der Waals surface area contributed by atoms with Crippen LogP contribution in [0, 0.1) is 6.92 Å². The molecular formula is C23H20F3N5O6. The number of benzene rings is 2. The zero-order chi connectivity index (χ0) is 26.7. The van der Waals surface area contributed by atoms with Crippen LogP contribution in [0.5, 0.6) is 23.1 Å². The lowest BCUT2D eigenvalue weighted by atomic mass is 10.1. The van der Waals surface area contributed by atoms with Gasteiger partial charge in [-0.3, -0.25) is 5.32 Å². The average molecular weight is 519 g/mol. The van der Waals surface area contributed by atoms with Crippen molar-refractivity contribution < 1.29 is 42.0 Å². The monoisotopic (exact) mass is 519 g/mol. The molecule has 0 aliphatic rings. The van der Waals surface area contributed by atoms with Gasteiger partial charge in [0.05, 0.1) is 37.4 Å². The Morgan fingerprint density at radius 3 is 2.38 bits per heavy atom. The molecule has 37 heavy (non-hydrogen) atoms. The lowest BCUT2D eigenvalue weighted by molar-refractivity contribution is -0.189. The Hall–Kier alpha value is -4.46.